The number of rotatable bonds is 2. The Labute approximate surface area is 132 Å². The van der Waals surface area contributed by atoms with Crippen LogP contribution in [-0.4, -0.2) is 35.1 Å². The average molecular weight is 297 g/mol. The zero-order valence-electron chi connectivity index (χ0n) is 13.7. The Hall–Kier alpha value is -1.32. The quantitative estimate of drug-likeness (QED) is 0.895. The van der Waals surface area contributed by atoms with Gasteiger partial charge in [0.1, 0.15) is 0 Å². The van der Waals surface area contributed by atoms with E-state index in [4.69, 9.17) is 5.73 Å². The van der Waals surface area contributed by atoms with Crippen LogP contribution in [0.4, 0.5) is 0 Å². The van der Waals surface area contributed by atoms with Gasteiger partial charge in [-0.05, 0) is 69.7 Å². The molecule has 0 bridgehead atoms. The van der Waals surface area contributed by atoms with Gasteiger partial charge in [0, 0.05) is 35.2 Å². The van der Waals surface area contributed by atoms with Gasteiger partial charge in [-0.15, -0.1) is 0 Å². The number of nitrogens with two attached hydrogens (primary N) is 1. The number of H-pyrrole nitrogens is 1. The molecule has 3 heteroatoms. The number of aromatic nitrogens is 1. The number of nitrogens with zero attached hydrogens (tertiary/aromatic N) is 1. The maximum absolute atomic E-state index is 5.91. The third-order valence-electron chi connectivity index (χ3n) is 5.83. The first-order chi connectivity index (χ1) is 10.7. The minimum absolute atomic E-state index is 0.687. The second kappa shape index (κ2) is 5.39. The molecule has 1 aromatic carbocycles. The number of aromatic amines is 1. The van der Waals surface area contributed by atoms with Crippen LogP contribution in [0, 0.1) is 12.8 Å². The highest BCUT2D eigenvalue weighted by atomic mass is 15.2. The predicted octanol–water partition coefficient (Wildman–Crippen LogP) is 3.00. The van der Waals surface area contributed by atoms with Crippen molar-refractivity contribution in [3.8, 4) is 0 Å². The molecule has 3 unspecified atom stereocenters. The Kier molecular flexibility index (Phi) is 3.50. The van der Waals surface area contributed by atoms with E-state index in [0.717, 1.165) is 6.54 Å². The Bertz CT molecular complexity index is 687. The second-order valence-electron chi connectivity index (χ2n) is 7.41. The third-order valence-corrected chi connectivity index (χ3v) is 5.83. The molecule has 3 nitrogen and oxygen atoms in total. The van der Waals surface area contributed by atoms with Crippen LogP contribution in [0.15, 0.2) is 18.2 Å². The summed E-state index contributed by atoms with van der Waals surface area (Å²) in [5, 5.41) is 1.45. The zero-order valence-corrected chi connectivity index (χ0v) is 13.7. The van der Waals surface area contributed by atoms with Gasteiger partial charge in [-0.25, -0.2) is 0 Å². The van der Waals surface area contributed by atoms with E-state index in [-0.39, 0.29) is 0 Å². The van der Waals surface area contributed by atoms with Crippen LogP contribution in [0.5, 0.6) is 0 Å². The Morgan fingerprint density at radius 2 is 2.23 bits per heavy atom. The molecule has 0 saturated carbocycles. The fourth-order valence-electron chi connectivity index (χ4n) is 4.65. The van der Waals surface area contributed by atoms with Crippen LogP contribution in [0.2, 0.25) is 0 Å². The van der Waals surface area contributed by atoms with Crippen molar-refractivity contribution >= 4 is 10.9 Å². The fourth-order valence-corrected chi connectivity index (χ4v) is 4.65. The van der Waals surface area contributed by atoms with Gasteiger partial charge in [0.2, 0.25) is 0 Å². The van der Waals surface area contributed by atoms with Crippen LogP contribution < -0.4 is 5.73 Å². The van der Waals surface area contributed by atoms with Gasteiger partial charge in [-0.2, -0.15) is 0 Å². The van der Waals surface area contributed by atoms with E-state index in [1.165, 1.54) is 54.4 Å². The van der Waals surface area contributed by atoms with E-state index in [9.17, 15) is 0 Å². The number of benzene rings is 1. The molecule has 2 aromatic rings. The van der Waals surface area contributed by atoms with E-state index < -0.39 is 0 Å². The van der Waals surface area contributed by atoms with Gasteiger partial charge in [0.25, 0.3) is 0 Å². The normalized spacial score (nSPS) is 29.1. The van der Waals surface area contributed by atoms with Gasteiger partial charge in [0.05, 0.1) is 0 Å². The van der Waals surface area contributed by atoms with Gasteiger partial charge in [-0.1, -0.05) is 11.6 Å². The summed E-state index contributed by atoms with van der Waals surface area (Å²) < 4.78 is 0. The maximum atomic E-state index is 5.91. The summed E-state index contributed by atoms with van der Waals surface area (Å²) in [6, 6.07) is 8.17. The van der Waals surface area contributed by atoms with Crippen LogP contribution in [-0.2, 0) is 12.8 Å². The van der Waals surface area contributed by atoms with Crippen molar-refractivity contribution < 1.29 is 0 Å². The van der Waals surface area contributed by atoms with Crippen LogP contribution in [0.1, 0.15) is 36.6 Å². The molecule has 2 aliphatic rings. The lowest BCUT2D eigenvalue weighted by atomic mass is 9.90. The molecule has 22 heavy (non-hydrogen) atoms. The molecule has 1 aromatic heterocycles. The number of aryl methyl sites for hydroxylation is 2. The molecule has 3 N–H and O–H groups in total. The van der Waals surface area contributed by atoms with Crippen LogP contribution in [0.25, 0.3) is 10.9 Å². The van der Waals surface area contributed by atoms with Gasteiger partial charge in [-0.3, -0.25) is 4.90 Å². The highest BCUT2D eigenvalue weighted by molar-refractivity contribution is 5.85. The molecule has 3 atom stereocenters. The molecule has 0 spiro atoms. The zero-order chi connectivity index (χ0) is 15.3. The number of hydrogen-bond donors (Lipinski definition) is 2. The van der Waals surface area contributed by atoms with Gasteiger partial charge < -0.3 is 10.7 Å². The van der Waals surface area contributed by atoms with Crippen molar-refractivity contribution in [2.45, 2.75) is 51.6 Å². The topological polar surface area (TPSA) is 45.0 Å². The van der Waals surface area contributed by atoms with Gasteiger partial charge >= 0.3 is 0 Å². The largest absolute Gasteiger partial charge is 0.358 e. The van der Waals surface area contributed by atoms with E-state index >= 15 is 0 Å². The first-order valence-electron chi connectivity index (χ1n) is 8.71. The number of hydrogen-bond acceptors (Lipinski definition) is 2. The van der Waals surface area contributed by atoms with Crippen LogP contribution >= 0.6 is 0 Å². The van der Waals surface area contributed by atoms with Crippen molar-refractivity contribution in [2.75, 3.05) is 13.1 Å². The van der Waals surface area contributed by atoms with Crippen molar-refractivity contribution in [1.82, 2.24) is 9.88 Å². The van der Waals surface area contributed by atoms with Crippen molar-refractivity contribution in [3.63, 3.8) is 0 Å². The van der Waals surface area contributed by atoms with Crippen molar-refractivity contribution in [1.29, 1.82) is 0 Å². The average Bonchev–Trinajstić information content (AvgIpc) is 3.07. The molecule has 118 valence electrons. The minimum atomic E-state index is 0.687. The lowest BCUT2D eigenvalue weighted by Crippen LogP contribution is -2.41. The van der Waals surface area contributed by atoms with Gasteiger partial charge in [0.15, 0.2) is 0 Å². The highest BCUT2D eigenvalue weighted by Crippen LogP contribution is 2.34. The summed E-state index contributed by atoms with van der Waals surface area (Å²) >= 11 is 0. The standard InChI is InChI=1S/C19H27N3/c1-12-3-5-18-16(7-12)17-9-15(4-6-19(17)21-18)22-11-14(10-20)8-13(22)2/h3,5,7,13-15,21H,4,6,8-11,20H2,1-2H3. The minimum Gasteiger partial charge on any atom is -0.358 e. The molecule has 0 radical (unpaired) electrons. The van der Waals surface area contributed by atoms with Crippen LogP contribution in [0.3, 0.4) is 0 Å². The van der Waals surface area contributed by atoms with E-state index in [2.05, 4.69) is 41.9 Å². The lowest BCUT2D eigenvalue weighted by Gasteiger charge is -2.34. The van der Waals surface area contributed by atoms with E-state index in [1.54, 1.807) is 5.56 Å². The van der Waals surface area contributed by atoms with Crippen molar-refractivity contribution in [3.05, 3.63) is 35.0 Å². The Morgan fingerprint density at radius 1 is 1.36 bits per heavy atom. The summed E-state index contributed by atoms with van der Waals surface area (Å²) in [5.74, 6) is 0.696. The number of fused-ring (bicyclic) bond motifs is 3. The first-order valence-corrected chi connectivity index (χ1v) is 8.71. The summed E-state index contributed by atoms with van der Waals surface area (Å²) in [6.45, 7) is 6.60. The molecule has 0 amide bonds. The maximum Gasteiger partial charge on any atom is 0.0459 e. The SMILES string of the molecule is Cc1ccc2[nH]c3c(c2c1)CC(N1CC(CN)CC1C)CC3. The Morgan fingerprint density at radius 3 is 3.00 bits per heavy atom. The fraction of sp³-hybridized carbons (Fsp3) is 0.579. The first kappa shape index (κ1) is 14.3. The third kappa shape index (κ3) is 2.27. The molecule has 4 rings (SSSR count). The molecule has 1 aliphatic carbocycles. The smallest absolute Gasteiger partial charge is 0.0459 e. The highest BCUT2D eigenvalue weighted by Gasteiger charge is 2.35. The second-order valence-corrected chi connectivity index (χ2v) is 7.41. The van der Waals surface area contributed by atoms with E-state index in [1.807, 2.05) is 0 Å². The lowest BCUT2D eigenvalue weighted by molar-refractivity contribution is 0.170. The molecule has 1 fully saturated rings. The van der Waals surface area contributed by atoms with E-state index in [0.29, 0.717) is 18.0 Å². The number of likely N-dealkylation sites (tertiary alicyclic amines) is 1. The number of nitrogens with one attached hydrogen (secondary N) is 1. The molecule has 2 heterocycles. The Balaban J connectivity index is 1.63. The monoisotopic (exact) mass is 297 g/mol. The summed E-state index contributed by atoms with van der Waals surface area (Å²) in [7, 11) is 0. The summed E-state index contributed by atoms with van der Waals surface area (Å²) in [5.41, 5.74) is 11.6. The van der Waals surface area contributed by atoms with Crippen molar-refractivity contribution in [2.24, 2.45) is 11.7 Å². The summed E-state index contributed by atoms with van der Waals surface area (Å²) in [4.78, 5) is 6.38. The molecular formula is C19H27N3. The molecule has 1 saturated heterocycles. The molecular weight excluding hydrogens is 270 g/mol. The summed E-state index contributed by atoms with van der Waals surface area (Å²) in [6.07, 6.45) is 4.93. The molecule has 1 aliphatic heterocycles. The predicted molar refractivity (Wildman–Crippen MR) is 92.2 cm³/mol.